The van der Waals surface area contributed by atoms with E-state index in [0.29, 0.717) is 6.42 Å². The molecule has 1 aromatic heterocycles. The van der Waals surface area contributed by atoms with E-state index in [4.69, 9.17) is 5.26 Å². The zero-order chi connectivity index (χ0) is 12.1. The van der Waals surface area contributed by atoms with Gasteiger partial charge in [0.1, 0.15) is 5.82 Å². The van der Waals surface area contributed by atoms with Crippen molar-refractivity contribution in [3.05, 3.63) is 30.1 Å². The summed E-state index contributed by atoms with van der Waals surface area (Å²) < 4.78 is 2.09. The molecule has 0 saturated carbocycles. The summed E-state index contributed by atoms with van der Waals surface area (Å²) in [6.07, 6.45) is 1.13. The zero-order valence-electron chi connectivity index (χ0n) is 9.77. The zero-order valence-corrected chi connectivity index (χ0v) is 9.77. The highest BCUT2D eigenvalue weighted by atomic mass is 15.1. The van der Waals surface area contributed by atoms with Crippen molar-refractivity contribution in [2.24, 2.45) is 0 Å². The molecule has 0 saturated heterocycles. The van der Waals surface area contributed by atoms with Crippen LogP contribution in [0.4, 0.5) is 0 Å². The predicted molar refractivity (Wildman–Crippen MR) is 67.1 cm³/mol. The molecule has 0 aliphatic heterocycles. The molecule has 0 aliphatic rings. The van der Waals surface area contributed by atoms with Crippen LogP contribution in [-0.2, 0) is 13.0 Å². The number of benzene rings is 1. The van der Waals surface area contributed by atoms with Crippen LogP contribution in [0.3, 0.4) is 0 Å². The summed E-state index contributed by atoms with van der Waals surface area (Å²) in [4.78, 5) is 4.47. The minimum Gasteiger partial charge on any atom is -0.326 e. The molecule has 0 atom stereocenters. The summed E-state index contributed by atoms with van der Waals surface area (Å²) in [7, 11) is 0. The molecule has 0 aliphatic carbocycles. The first-order chi connectivity index (χ1) is 8.36. The van der Waals surface area contributed by atoms with E-state index in [-0.39, 0.29) is 0 Å². The SMILES string of the molecule is CC#CCCn1c(CC#N)nc2ccccc21. The van der Waals surface area contributed by atoms with Gasteiger partial charge in [0.05, 0.1) is 23.5 Å². The summed E-state index contributed by atoms with van der Waals surface area (Å²) >= 11 is 0. The van der Waals surface area contributed by atoms with Crippen molar-refractivity contribution in [3.8, 4) is 17.9 Å². The van der Waals surface area contributed by atoms with E-state index in [9.17, 15) is 0 Å². The second-order valence-electron chi connectivity index (χ2n) is 3.68. The molecule has 0 bridgehead atoms. The van der Waals surface area contributed by atoms with Gasteiger partial charge in [-0.05, 0) is 19.1 Å². The van der Waals surface area contributed by atoms with E-state index >= 15 is 0 Å². The molecule has 0 N–H and O–H groups in total. The van der Waals surface area contributed by atoms with Gasteiger partial charge < -0.3 is 4.57 Å². The average Bonchev–Trinajstić information content (AvgIpc) is 2.69. The number of para-hydroxylation sites is 2. The molecule has 17 heavy (non-hydrogen) atoms. The van der Waals surface area contributed by atoms with E-state index < -0.39 is 0 Å². The van der Waals surface area contributed by atoms with Crippen LogP contribution in [0.1, 0.15) is 19.2 Å². The normalized spacial score (nSPS) is 9.65. The van der Waals surface area contributed by atoms with Gasteiger partial charge in [-0.25, -0.2) is 4.98 Å². The van der Waals surface area contributed by atoms with Gasteiger partial charge in [0, 0.05) is 13.0 Å². The van der Waals surface area contributed by atoms with Crippen LogP contribution in [0.25, 0.3) is 11.0 Å². The Kier molecular flexibility index (Phi) is 3.43. The number of fused-ring (bicyclic) bond motifs is 1. The van der Waals surface area contributed by atoms with Gasteiger partial charge in [-0.1, -0.05) is 12.1 Å². The van der Waals surface area contributed by atoms with Gasteiger partial charge in [0.15, 0.2) is 0 Å². The molecule has 0 amide bonds. The molecule has 3 heteroatoms. The highest BCUT2D eigenvalue weighted by Crippen LogP contribution is 2.16. The summed E-state index contributed by atoms with van der Waals surface area (Å²) in [6.45, 7) is 2.63. The second-order valence-corrected chi connectivity index (χ2v) is 3.68. The fourth-order valence-electron chi connectivity index (χ4n) is 1.87. The summed E-state index contributed by atoms with van der Waals surface area (Å²) in [5.41, 5.74) is 2.03. The highest BCUT2D eigenvalue weighted by Gasteiger charge is 2.08. The minimum absolute atomic E-state index is 0.342. The lowest BCUT2D eigenvalue weighted by Gasteiger charge is -2.04. The lowest BCUT2D eigenvalue weighted by atomic mass is 10.3. The Labute approximate surface area is 101 Å². The quantitative estimate of drug-likeness (QED) is 0.750. The Hall–Kier alpha value is -2.26. The second kappa shape index (κ2) is 5.18. The number of aromatic nitrogens is 2. The molecule has 2 rings (SSSR count). The Balaban J connectivity index is 2.43. The lowest BCUT2D eigenvalue weighted by Crippen LogP contribution is -2.02. The molecule has 0 unspecified atom stereocenters. The number of nitriles is 1. The third-order valence-corrected chi connectivity index (χ3v) is 2.61. The number of aryl methyl sites for hydroxylation is 1. The standard InChI is InChI=1S/C14H13N3/c1-2-3-6-11-17-13-8-5-4-7-12(13)16-14(17)9-10-15/h4-5,7-8H,6,9,11H2,1H3. The molecule has 3 nitrogen and oxygen atoms in total. The number of rotatable bonds is 3. The molecule has 84 valence electrons. The fraction of sp³-hybridized carbons (Fsp3) is 0.286. The highest BCUT2D eigenvalue weighted by molar-refractivity contribution is 5.75. The van der Waals surface area contributed by atoms with Gasteiger partial charge in [-0.2, -0.15) is 5.26 Å². The number of nitrogens with zero attached hydrogens (tertiary/aromatic N) is 3. The molecular weight excluding hydrogens is 210 g/mol. The van der Waals surface area contributed by atoms with E-state index in [0.717, 1.165) is 29.8 Å². The van der Waals surface area contributed by atoms with Gasteiger partial charge in [-0.15, -0.1) is 11.8 Å². The van der Waals surface area contributed by atoms with Crippen LogP contribution in [0.2, 0.25) is 0 Å². The molecular formula is C14H13N3. The van der Waals surface area contributed by atoms with Gasteiger partial charge in [-0.3, -0.25) is 0 Å². The van der Waals surface area contributed by atoms with E-state index in [1.165, 1.54) is 0 Å². The van der Waals surface area contributed by atoms with Crippen molar-refractivity contribution in [2.45, 2.75) is 26.3 Å². The first kappa shape index (κ1) is 11.2. The van der Waals surface area contributed by atoms with E-state index in [2.05, 4.69) is 27.5 Å². The molecule has 0 radical (unpaired) electrons. The van der Waals surface area contributed by atoms with E-state index in [1.807, 2.05) is 31.2 Å². The number of hydrogen-bond donors (Lipinski definition) is 0. The topological polar surface area (TPSA) is 41.6 Å². The third-order valence-electron chi connectivity index (χ3n) is 2.61. The lowest BCUT2D eigenvalue weighted by molar-refractivity contribution is 0.703. The van der Waals surface area contributed by atoms with Gasteiger partial charge in [0.2, 0.25) is 0 Å². The van der Waals surface area contributed by atoms with Crippen molar-refractivity contribution >= 4 is 11.0 Å². The van der Waals surface area contributed by atoms with E-state index in [1.54, 1.807) is 0 Å². The molecule has 0 fully saturated rings. The predicted octanol–water partition coefficient (Wildman–Crippen LogP) is 2.52. The average molecular weight is 223 g/mol. The van der Waals surface area contributed by atoms with Crippen LogP contribution >= 0.6 is 0 Å². The first-order valence-corrected chi connectivity index (χ1v) is 5.57. The maximum absolute atomic E-state index is 8.81. The molecule has 0 spiro atoms. The van der Waals surface area contributed by atoms with Gasteiger partial charge in [0.25, 0.3) is 0 Å². The minimum atomic E-state index is 0.342. The maximum Gasteiger partial charge on any atom is 0.124 e. The van der Waals surface area contributed by atoms with Crippen molar-refractivity contribution in [1.82, 2.24) is 9.55 Å². The molecule has 1 aromatic carbocycles. The van der Waals surface area contributed by atoms with Crippen LogP contribution in [0, 0.1) is 23.2 Å². The monoisotopic (exact) mass is 223 g/mol. The Morgan fingerprint density at radius 2 is 2.18 bits per heavy atom. The number of hydrogen-bond acceptors (Lipinski definition) is 2. The number of imidazole rings is 1. The Morgan fingerprint density at radius 1 is 1.35 bits per heavy atom. The summed E-state index contributed by atoms with van der Waals surface area (Å²) in [5.74, 6) is 6.75. The first-order valence-electron chi connectivity index (χ1n) is 5.57. The summed E-state index contributed by atoms with van der Waals surface area (Å²) in [5, 5.41) is 8.81. The van der Waals surface area contributed by atoms with Crippen LogP contribution in [0.5, 0.6) is 0 Å². The third kappa shape index (κ3) is 2.29. The van der Waals surface area contributed by atoms with Crippen LogP contribution in [-0.4, -0.2) is 9.55 Å². The van der Waals surface area contributed by atoms with Crippen LogP contribution in [0.15, 0.2) is 24.3 Å². The largest absolute Gasteiger partial charge is 0.326 e. The molecule has 1 heterocycles. The van der Waals surface area contributed by atoms with Crippen molar-refractivity contribution < 1.29 is 0 Å². The van der Waals surface area contributed by atoms with Crippen molar-refractivity contribution in [2.75, 3.05) is 0 Å². The smallest absolute Gasteiger partial charge is 0.124 e. The van der Waals surface area contributed by atoms with Gasteiger partial charge >= 0.3 is 0 Å². The Morgan fingerprint density at radius 3 is 2.94 bits per heavy atom. The Bertz CT molecular complexity index is 620. The van der Waals surface area contributed by atoms with Crippen molar-refractivity contribution in [3.63, 3.8) is 0 Å². The maximum atomic E-state index is 8.81. The van der Waals surface area contributed by atoms with Crippen molar-refractivity contribution in [1.29, 1.82) is 5.26 Å². The van der Waals surface area contributed by atoms with Crippen LogP contribution < -0.4 is 0 Å². The summed E-state index contributed by atoms with van der Waals surface area (Å²) in [6, 6.07) is 10.1. The fourth-order valence-corrected chi connectivity index (χ4v) is 1.87. The molecule has 2 aromatic rings.